The number of hydrogen-bond donors (Lipinski definition) is 2. The summed E-state index contributed by atoms with van der Waals surface area (Å²) < 4.78 is 5.08. The van der Waals surface area contributed by atoms with Crippen molar-refractivity contribution in [2.24, 2.45) is 5.92 Å². The van der Waals surface area contributed by atoms with Crippen LogP contribution in [-0.2, 0) is 0 Å². The van der Waals surface area contributed by atoms with Gasteiger partial charge >= 0.3 is 0 Å². The molecule has 0 bridgehead atoms. The fourth-order valence-electron chi connectivity index (χ4n) is 2.25. The van der Waals surface area contributed by atoms with Crippen molar-refractivity contribution in [3.63, 3.8) is 0 Å². The first-order chi connectivity index (χ1) is 8.20. The van der Waals surface area contributed by atoms with E-state index in [1.165, 1.54) is 32.0 Å². The summed E-state index contributed by atoms with van der Waals surface area (Å²) in [5, 5.41) is 3.39. The Morgan fingerprint density at radius 1 is 1.29 bits per heavy atom. The molecule has 17 heavy (non-hydrogen) atoms. The lowest BCUT2D eigenvalue weighted by Crippen LogP contribution is -2.26. The quantitative estimate of drug-likeness (QED) is 0.840. The normalized spacial score (nSPS) is 24.4. The fourth-order valence-corrected chi connectivity index (χ4v) is 2.25. The molecule has 0 aliphatic heterocycles. The third-order valence-electron chi connectivity index (χ3n) is 3.40. The topological polar surface area (TPSA) is 73.1 Å². The van der Waals surface area contributed by atoms with Crippen molar-refractivity contribution in [2.75, 3.05) is 18.2 Å². The molecule has 1 aliphatic carbocycles. The molecule has 3 N–H and O–H groups in total. The number of anilines is 2. The summed E-state index contributed by atoms with van der Waals surface area (Å²) in [6, 6.07) is 0.466. The van der Waals surface area contributed by atoms with Gasteiger partial charge in [-0.1, -0.05) is 6.92 Å². The summed E-state index contributed by atoms with van der Waals surface area (Å²) in [5.41, 5.74) is 6.42. The summed E-state index contributed by atoms with van der Waals surface area (Å²) in [5.74, 6) is 1.97. The van der Waals surface area contributed by atoms with Crippen LogP contribution < -0.4 is 15.8 Å². The van der Waals surface area contributed by atoms with Crippen molar-refractivity contribution in [3.05, 3.63) is 6.33 Å². The van der Waals surface area contributed by atoms with Crippen LogP contribution in [0.25, 0.3) is 0 Å². The molecule has 0 amide bonds. The van der Waals surface area contributed by atoms with Crippen LogP contribution in [0.15, 0.2) is 6.33 Å². The van der Waals surface area contributed by atoms with E-state index < -0.39 is 0 Å². The minimum absolute atomic E-state index is 0.437. The van der Waals surface area contributed by atoms with Crippen molar-refractivity contribution in [3.8, 4) is 5.88 Å². The van der Waals surface area contributed by atoms with E-state index in [2.05, 4.69) is 22.2 Å². The molecule has 5 heteroatoms. The molecule has 1 aliphatic rings. The van der Waals surface area contributed by atoms with Gasteiger partial charge in [-0.3, -0.25) is 0 Å². The minimum atomic E-state index is 0.437. The summed E-state index contributed by atoms with van der Waals surface area (Å²) in [4.78, 5) is 8.14. The second-order valence-corrected chi connectivity index (χ2v) is 4.75. The Labute approximate surface area is 102 Å². The molecule has 0 aromatic carbocycles. The zero-order valence-electron chi connectivity index (χ0n) is 10.4. The predicted octanol–water partition coefficient (Wildman–Crippen LogP) is 2.06. The molecule has 1 fully saturated rings. The van der Waals surface area contributed by atoms with Crippen LogP contribution in [0.3, 0.4) is 0 Å². The zero-order chi connectivity index (χ0) is 12.3. The summed E-state index contributed by atoms with van der Waals surface area (Å²) in [6.45, 7) is 2.30. The van der Waals surface area contributed by atoms with Gasteiger partial charge in [-0.05, 0) is 31.6 Å². The smallest absolute Gasteiger partial charge is 0.242 e. The average Bonchev–Trinajstić information content (AvgIpc) is 2.35. The van der Waals surface area contributed by atoms with Crippen LogP contribution in [0.1, 0.15) is 32.6 Å². The molecule has 1 heterocycles. The van der Waals surface area contributed by atoms with Crippen LogP contribution in [0, 0.1) is 5.92 Å². The number of hydrogen-bond acceptors (Lipinski definition) is 5. The molecule has 1 saturated carbocycles. The number of methoxy groups -OCH3 is 1. The fraction of sp³-hybridized carbons (Fsp3) is 0.667. The van der Waals surface area contributed by atoms with Crippen molar-refractivity contribution >= 4 is 11.5 Å². The number of nitrogens with one attached hydrogen (secondary N) is 1. The van der Waals surface area contributed by atoms with Crippen molar-refractivity contribution in [1.82, 2.24) is 9.97 Å². The lowest BCUT2D eigenvalue weighted by molar-refractivity contribution is 0.360. The number of nitrogen functional groups attached to an aromatic ring is 1. The highest BCUT2D eigenvalue weighted by molar-refractivity contribution is 5.66. The Bertz CT molecular complexity index is 375. The number of aromatic nitrogens is 2. The molecular weight excluding hydrogens is 216 g/mol. The maximum absolute atomic E-state index is 5.93. The zero-order valence-corrected chi connectivity index (χ0v) is 10.4. The van der Waals surface area contributed by atoms with Crippen LogP contribution in [0.2, 0.25) is 0 Å². The molecule has 5 nitrogen and oxygen atoms in total. The number of rotatable bonds is 3. The SMILES string of the molecule is COc1ncnc(NC2CCC(C)CC2)c1N. The van der Waals surface area contributed by atoms with Gasteiger partial charge in [-0.2, -0.15) is 4.98 Å². The van der Waals surface area contributed by atoms with E-state index in [0.717, 1.165) is 5.92 Å². The molecule has 0 radical (unpaired) electrons. The highest BCUT2D eigenvalue weighted by Gasteiger charge is 2.19. The van der Waals surface area contributed by atoms with E-state index in [4.69, 9.17) is 10.5 Å². The highest BCUT2D eigenvalue weighted by atomic mass is 16.5. The van der Waals surface area contributed by atoms with E-state index >= 15 is 0 Å². The Kier molecular flexibility index (Phi) is 3.66. The molecule has 0 saturated heterocycles. The van der Waals surface area contributed by atoms with Gasteiger partial charge in [-0.15, -0.1) is 0 Å². The molecule has 0 atom stereocenters. The summed E-state index contributed by atoms with van der Waals surface area (Å²) in [6.07, 6.45) is 6.35. The van der Waals surface area contributed by atoms with Crippen molar-refractivity contribution < 1.29 is 4.74 Å². The molecule has 0 spiro atoms. The standard InChI is InChI=1S/C12H20N4O/c1-8-3-5-9(6-4-8)16-11-10(13)12(17-2)15-7-14-11/h7-9H,3-6,13H2,1-2H3,(H,14,15,16). The maximum Gasteiger partial charge on any atom is 0.242 e. The first kappa shape index (κ1) is 12.0. The lowest BCUT2D eigenvalue weighted by atomic mass is 9.87. The predicted molar refractivity (Wildman–Crippen MR) is 68.0 cm³/mol. The Morgan fingerprint density at radius 2 is 2.00 bits per heavy atom. The van der Waals surface area contributed by atoms with Gasteiger partial charge < -0.3 is 15.8 Å². The van der Waals surface area contributed by atoms with Gasteiger partial charge in [0.25, 0.3) is 0 Å². The third kappa shape index (κ3) is 2.78. The second kappa shape index (κ2) is 5.21. The average molecular weight is 236 g/mol. The Balaban J connectivity index is 2.03. The van der Waals surface area contributed by atoms with Gasteiger partial charge in [0.05, 0.1) is 7.11 Å². The van der Waals surface area contributed by atoms with Crippen LogP contribution >= 0.6 is 0 Å². The van der Waals surface area contributed by atoms with E-state index in [1.54, 1.807) is 7.11 Å². The van der Waals surface area contributed by atoms with Gasteiger partial charge in [-0.25, -0.2) is 4.98 Å². The van der Waals surface area contributed by atoms with Crippen LogP contribution in [0.4, 0.5) is 11.5 Å². The van der Waals surface area contributed by atoms with E-state index in [1.807, 2.05) is 0 Å². The van der Waals surface area contributed by atoms with E-state index in [9.17, 15) is 0 Å². The molecule has 1 aromatic rings. The van der Waals surface area contributed by atoms with Gasteiger partial charge in [0.15, 0.2) is 5.82 Å². The number of nitrogens with zero attached hydrogens (tertiary/aromatic N) is 2. The van der Waals surface area contributed by atoms with Crippen LogP contribution in [0.5, 0.6) is 5.88 Å². The Morgan fingerprint density at radius 3 is 2.65 bits per heavy atom. The molecule has 2 rings (SSSR count). The lowest BCUT2D eigenvalue weighted by Gasteiger charge is -2.27. The number of nitrogens with two attached hydrogens (primary N) is 1. The van der Waals surface area contributed by atoms with E-state index in [-0.39, 0.29) is 0 Å². The first-order valence-corrected chi connectivity index (χ1v) is 6.11. The van der Waals surface area contributed by atoms with Gasteiger partial charge in [0.1, 0.15) is 12.0 Å². The van der Waals surface area contributed by atoms with Gasteiger partial charge in [0, 0.05) is 6.04 Å². The van der Waals surface area contributed by atoms with Crippen molar-refractivity contribution in [2.45, 2.75) is 38.6 Å². The monoisotopic (exact) mass is 236 g/mol. The second-order valence-electron chi connectivity index (χ2n) is 4.75. The highest BCUT2D eigenvalue weighted by Crippen LogP contribution is 2.29. The third-order valence-corrected chi connectivity index (χ3v) is 3.40. The molecule has 0 unspecified atom stereocenters. The maximum atomic E-state index is 5.93. The largest absolute Gasteiger partial charge is 0.479 e. The molecule has 1 aromatic heterocycles. The van der Waals surface area contributed by atoms with E-state index in [0.29, 0.717) is 23.4 Å². The first-order valence-electron chi connectivity index (χ1n) is 6.11. The Hall–Kier alpha value is -1.52. The minimum Gasteiger partial charge on any atom is -0.479 e. The van der Waals surface area contributed by atoms with Crippen molar-refractivity contribution in [1.29, 1.82) is 0 Å². The van der Waals surface area contributed by atoms with Crippen LogP contribution in [-0.4, -0.2) is 23.1 Å². The number of ether oxygens (including phenoxy) is 1. The summed E-state index contributed by atoms with van der Waals surface area (Å²) >= 11 is 0. The van der Waals surface area contributed by atoms with Gasteiger partial charge in [0.2, 0.25) is 5.88 Å². The molecular formula is C12H20N4O. The molecule has 94 valence electrons. The summed E-state index contributed by atoms with van der Waals surface area (Å²) in [7, 11) is 1.56.